The summed E-state index contributed by atoms with van der Waals surface area (Å²) >= 11 is 6.17. The maximum absolute atomic E-state index is 14.3. The molecule has 4 nitrogen and oxygen atoms in total. The maximum Gasteiger partial charge on any atom is 0.319 e. The Morgan fingerprint density at radius 1 is 1.19 bits per heavy atom. The van der Waals surface area contributed by atoms with Gasteiger partial charge in [0, 0.05) is 22.7 Å². The van der Waals surface area contributed by atoms with Crippen LogP contribution in [0.4, 0.5) is 4.39 Å². The largest absolute Gasteiger partial charge is 0.460 e. The number of allylic oxidation sites excluding steroid dienone is 1. The zero-order valence-electron chi connectivity index (χ0n) is 15.1. The number of hydrazone groups is 1. The van der Waals surface area contributed by atoms with Crippen LogP contribution in [-0.4, -0.2) is 11.7 Å². The SMILES string of the molecule is CC1=NNC(C)=C(Cc2c(F)cccc2Cl)C1C(=O)OCc1ccccc1. The number of nitrogens with zero attached hydrogens (tertiary/aromatic N) is 1. The van der Waals surface area contributed by atoms with Crippen LogP contribution in [0.2, 0.25) is 5.02 Å². The van der Waals surface area contributed by atoms with Crippen molar-refractivity contribution < 1.29 is 13.9 Å². The fourth-order valence-corrected chi connectivity index (χ4v) is 3.26. The summed E-state index contributed by atoms with van der Waals surface area (Å²) in [6, 6.07) is 14.0. The first-order valence-electron chi connectivity index (χ1n) is 8.60. The fourth-order valence-electron chi connectivity index (χ4n) is 3.03. The molecule has 1 heterocycles. The molecular formula is C21H20ClFN2O2. The summed E-state index contributed by atoms with van der Waals surface area (Å²) in [5.74, 6) is -1.49. The van der Waals surface area contributed by atoms with Crippen LogP contribution in [0.25, 0.3) is 0 Å². The van der Waals surface area contributed by atoms with Crippen LogP contribution >= 0.6 is 11.6 Å². The number of esters is 1. The highest BCUT2D eigenvalue weighted by molar-refractivity contribution is 6.31. The van der Waals surface area contributed by atoms with Gasteiger partial charge in [-0.2, -0.15) is 5.10 Å². The molecule has 0 saturated carbocycles. The van der Waals surface area contributed by atoms with E-state index in [1.165, 1.54) is 6.07 Å². The van der Waals surface area contributed by atoms with E-state index >= 15 is 0 Å². The normalized spacial score (nSPS) is 16.6. The molecule has 27 heavy (non-hydrogen) atoms. The standard InChI is InChI=1S/C21H20ClFN2O2/c1-13-16(11-17-18(22)9-6-10-19(17)23)20(14(2)25-24-13)21(26)27-12-15-7-4-3-5-8-15/h3-10,20,24H,11-12H2,1-2H3. The summed E-state index contributed by atoms with van der Waals surface area (Å²) in [6.07, 6.45) is 0.197. The zero-order valence-corrected chi connectivity index (χ0v) is 15.9. The van der Waals surface area contributed by atoms with Gasteiger partial charge in [-0.15, -0.1) is 0 Å². The van der Waals surface area contributed by atoms with Crippen LogP contribution in [-0.2, 0) is 22.6 Å². The lowest BCUT2D eigenvalue weighted by Crippen LogP contribution is -2.34. The molecule has 0 aromatic heterocycles. The summed E-state index contributed by atoms with van der Waals surface area (Å²) in [7, 11) is 0. The van der Waals surface area contributed by atoms with Gasteiger partial charge in [0.05, 0.1) is 5.71 Å². The Bertz CT molecular complexity index is 889. The molecule has 0 bridgehead atoms. The average Bonchev–Trinajstić information content (AvgIpc) is 2.66. The number of carbonyl (C=O) groups excluding carboxylic acids is 1. The lowest BCUT2D eigenvalue weighted by Gasteiger charge is -2.26. The van der Waals surface area contributed by atoms with Crippen molar-refractivity contribution in [3.8, 4) is 0 Å². The Hall–Kier alpha value is -2.66. The molecule has 1 aliphatic heterocycles. The molecule has 3 rings (SSSR count). The van der Waals surface area contributed by atoms with E-state index in [9.17, 15) is 9.18 Å². The maximum atomic E-state index is 14.3. The van der Waals surface area contributed by atoms with Gasteiger partial charge in [0.15, 0.2) is 0 Å². The molecule has 1 aliphatic rings. The van der Waals surface area contributed by atoms with Crippen molar-refractivity contribution in [2.24, 2.45) is 11.0 Å². The zero-order chi connectivity index (χ0) is 19.4. The summed E-state index contributed by atoms with van der Waals surface area (Å²) in [6.45, 7) is 3.72. The van der Waals surface area contributed by atoms with Crippen molar-refractivity contribution in [1.29, 1.82) is 0 Å². The van der Waals surface area contributed by atoms with Crippen LogP contribution in [0.3, 0.4) is 0 Å². The summed E-state index contributed by atoms with van der Waals surface area (Å²) < 4.78 is 19.8. The summed E-state index contributed by atoms with van der Waals surface area (Å²) in [4.78, 5) is 12.8. The molecule has 0 saturated heterocycles. The lowest BCUT2D eigenvalue weighted by molar-refractivity contribution is -0.146. The van der Waals surface area contributed by atoms with Gasteiger partial charge < -0.3 is 4.74 Å². The minimum absolute atomic E-state index is 0.170. The summed E-state index contributed by atoms with van der Waals surface area (Å²) in [5.41, 5.74) is 6.11. The van der Waals surface area contributed by atoms with E-state index in [4.69, 9.17) is 16.3 Å². The number of nitrogens with one attached hydrogen (secondary N) is 1. The highest BCUT2D eigenvalue weighted by atomic mass is 35.5. The first-order chi connectivity index (χ1) is 13.0. The molecule has 0 spiro atoms. The van der Waals surface area contributed by atoms with Gasteiger partial charge in [-0.05, 0) is 37.1 Å². The van der Waals surface area contributed by atoms with Gasteiger partial charge in [-0.1, -0.05) is 48.0 Å². The molecule has 0 fully saturated rings. The lowest BCUT2D eigenvalue weighted by atomic mass is 9.87. The number of benzene rings is 2. The van der Waals surface area contributed by atoms with E-state index in [-0.39, 0.29) is 13.0 Å². The Balaban J connectivity index is 1.83. The molecule has 0 radical (unpaired) electrons. The van der Waals surface area contributed by atoms with Crippen molar-refractivity contribution in [3.63, 3.8) is 0 Å². The minimum atomic E-state index is -0.675. The summed E-state index contributed by atoms with van der Waals surface area (Å²) in [5, 5.41) is 4.51. The molecule has 1 atom stereocenters. The second-order valence-corrected chi connectivity index (χ2v) is 6.83. The van der Waals surface area contributed by atoms with Gasteiger partial charge in [0.25, 0.3) is 0 Å². The van der Waals surface area contributed by atoms with E-state index in [1.54, 1.807) is 26.0 Å². The Labute approximate surface area is 162 Å². The van der Waals surface area contributed by atoms with Crippen LogP contribution < -0.4 is 5.43 Å². The topological polar surface area (TPSA) is 50.7 Å². The number of hydrogen-bond acceptors (Lipinski definition) is 4. The predicted molar refractivity (Wildman–Crippen MR) is 104 cm³/mol. The van der Waals surface area contributed by atoms with Crippen molar-refractivity contribution in [2.75, 3.05) is 0 Å². The Kier molecular flexibility index (Phi) is 5.91. The van der Waals surface area contributed by atoms with Gasteiger partial charge in [-0.25, -0.2) is 4.39 Å². The molecule has 2 aromatic rings. The Morgan fingerprint density at radius 3 is 2.63 bits per heavy atom. The second kappa shape index (κ2) is 8.35. The van der Waals surface area contributed by atoms with Crippen LogP contribution in [0, 0.1) is 11.7 Å². The first-order valence-corrected chi connectivity index (χ1v) is 8.98. The number of hydrogen-bond donors (Lipinski definition) is 1. The smallest absolute Gasteiger partial charge is 0.319 e. The molecule has 140 valence electrons. The number of carbonyl (C=O) groups is 1. The van der Waals surface area contributed by atoms with Crippen molar-refractivity contribution in [1.82, 2.24) is 5.43 Å². The number of halogens is 2. The molecule has 2 aromatic carbocycles. The highest BCUT2D eigenvalue weighted by Gasteiger charge is 2.32. The minimum Gasteiger partial charge on any atom is -0.460 e. The number of rotatable bonds is 5. The Morgan fingerprint density at radius 2 is 1.93 bits per heavy atom. The second-order valence-electron chi connectivity index (χ2n) is 6.42. The van der Waals surface area contributed by atoms with E-state index < -0.39 is 17.7 Å². The van der Waals surface area contributed by atoms with E-state index in [1.807, 2.05) is 30.3 Å². The van der Waals surface area contributed by atoms with Crippen LogP contribution in [0.15, 0.2) is 64.9 Å². The molecule has 0 amide bonds. The van der Waals surface area contributed by atoms with Gasteiger partial charge in [0.1, 0.15) is 18.3 Å². The van der Waals surface area contributed by atoms with Gasteiger partial charge in [-0.3, -0.25) is 10.2 Å². The van der Waals surface area contributed by atoms with E-state index in [0.717, 1.165) is 5.56 Å². The first kappa shape index (κ1) is 19.1. The van der Waals surface area contributed by atoms with E-state index in [2.05, 4.69) is 10.5 Å². The van der Waals surface area contributed by atoms with E-state index in [0.29, 0.717) is 27.6 Å². The average molecular weight is 387 g/mol. The van der Waals surface area contributed by atoms with Gasteiger partial charge in [0.2, 0.25) is 0 Å². The third kappa shape index (κ3) is 4.37. The predicted octanol–water partition coefficient (Wildman–Crippen LogP) is 4.63. The van der Waals surface area contributed by atoms with Crippen LogP contribution in [0.5, 0.6) is 0 Å². The monoisotopic (exact) mass is 386 g/mol. The molecule has 1 unspecified atom stereocenters. The van der Waals surface area contributed by atoms with Gasteiger partial charge >= 0.3 is 5.97 Å². The molecule has 0 aliphatic carbocycles. The van der Waals surface area contributed by atoms with Crippen molar-refractivity contribution >= 4 is 23.3 Å². The third-order valence-electron chi connectivity index (χ3n) is 4.54. The molecular weight excluding hydrogens is 367 g/mol. The highest BCUT2D eigenvalue weighted by Crippen LogP contribution is 2.30. The van der Waals surface area contributed by atoms with Crippen LogP contribution in [0.1, 0.15) is 25.0 Å². The molecule has 6 heteroatoms. The third-order valence-corrected chi connectivity index (χ3v) is 4.89. The van der Waals surface area contributed by atoms with Crippen molar-refractivity contribution in [3.05, 3.63) is 81.8 Å². The number of ether oxygens (including phenoxy) is 1. The quantitative estimate of drug-likeness (QED) is 0.762. The fraction of sp³-hybridized carbons (Fsp3) is 0.238. The van der Waals surface area contributed by atoms with Crippen molar-refractivity contribution in [2.45, 2.75) is 26.9 Å². The molecule has 1 N–H and O–H groups in total.